The van der Waals surface area contributed by atoms with Crippen LogP contribution in [0.4, 0.5) is 0 Å². The van der Waals surface area contributed by atoms with Crippen LogP contribution in [0.3, 0.4) is 0 Å². The average Bonchev–Trinajstić information content (AvgIpc) is 2.26. The maximum Gasteiger partial charge on any atom is 0.303 e. The smallest absolute Gasteiger partial charge is 0.303 e. The summed E-state index contributed by atoms with van der Waals surface area (Å²) >= 11 is 0. The molecule has 0 unspecified atom stereocenters. The number of rotatable bonds is 3. The molecule has 4 nitrogen and oxygen atoms in total. The molecule has 0 radical (unpaired) electrons. The second-order valence-corrected chi connectivity index (χ2v) is 4.44. The molecule has 0 bridgehead atoms. The molecule has 0 aliphatic heterocycles. The van der Waals surface area contributed by atoms with Crippen LogP contribution in [0.15, 0.2) is 27.6 Å². The highest BCUT2D eigenvalue weighted by Gasteiger charge is 2.11. The minimum atomic E-state index is -0.921. The third-order valence-corrected chi connectivity index (χ3v) is 2.90. The molecule has 0 saturated carbocycles. The van der Waals surface area contributed by atoms with Gasteiger partial charge < -0.3 is 9.52 Å². The fraction of sp³-hybridized carbons (Fsp3) is 0.286. The van der Waals surface area contributed by atoms with Crippen molar-refractivity contribution in [1.82, 2.24) is 0 Å². The minimum Gasteiger partial charge on any atom is -0.481 e. The zero-order valence-corrected chi connectivity index (χ0v) is 10.3. The van der Waals surface area contributed by atoms with Gasteiger partial charge in [-0.15, -0.1) is 0 Å². The molecule has 2 aromatic rings. The molecule has 1 N–H and O–H groups in total. The van der Waals surface area contributed by atoms with E-state index < -0.39 is 5.97 Å². The third kappa shape index (κ3) is 2.27. The normalized spacial score (nSPS) is 10.8. The summed E-state index contributed by atoms with van der Waals surface area (Å²) in [6.07, 6.45) is 1.49. The van der Waals surface area contributed by atoms with Crippen molar-refractivity contribution in [3.05, 3.63) is 45.3 Å². The number of benzene rings is 1. The van der Waals surface area contributed by atoms with Gasteiger partial charge in [0.25, 0.3) is 0 Å². The predicted molar refractivity (Wildman–Crippen MR) is 67.9 cm³/mol. The van der Waals surface area contributed by atoms with Gasteiger partial charge in [-0.25, -0.2) is 0 Å². The summed E-state index contributed by atoms with van der Waals surface area (Å²) in [5.41, 5.74) is 2.72. The van der Waals surface area contributed by atoms with Gasteiger partial charge in [-0.3, -0.25) is 9.59 Å². The van der Waals surface area contributed by atoms with E-state index in [1.54, 1.807) is 0 Å². The molecule has 0 aliphatic rings. The molecule has 1 aromatic heterocycles. The van der Waals surface area contributed by atoms with Crippen LogP contribution in [0.2, 0.25) is 0 Å². The van der Waals surface area contributed by atoms with E-state index in [9.17, 15) is 9.59 Å². The van der Waals surface area contributed by atoms with Crippen molar-refractivity contribution in [2.45, 2.75) is 26.7 Å². The van der Waals surface area contributed by atoms with Gasteiger partial charge in [0.1, 0.15) is 5.58 Å². The van der Waals surface area contributed by atoms with Crippen molar-refractivity contribution in [1.29, 1.82) is 0 Å². The first kappa shape index (κ1) is 12.4. The molecule has 0 fully saturated rings. The molecule has 0 aliphatic carbocycles. The van der Waals surface area contributed by atoms with E-state index in [-0.39, 0.29) is 18.3 Å². The van der Waals surface area contributed by atoms with Crippen LogP contribution in [-0.2, 0) is 11.2 Å². The molecular formula is C14H14O4. The van der Waals surface area contributed by atoms with Crippen molar-refractivity contribution < 1.29 is 14.3 Å². The van der Waals surface area contributed by atoms with Crippen LogP contribution in [0.25, 0.3) is 11.0 Å². The molecule has 0 amide bonds. The topological polar surface area (TPSA) is 67.5 Å². The van der Waals surface area contributed by atoms with Crippen LogP contribution in [0.1, 0.15) is 23.1 Å². The Hall–Kier alpha value is -2.10. The Morgan fingerprint density at radius 2 is 2.06 bits per heavy atom. The van der Waals surface area contributed by atoms with Gasteiger partial charge >= 0.3 is 5.97 Å². The number of hydrogen-bond donors (Lipinski definition) is 1. The van der Waals surface area contributed by atoms with Crippen LogP contribution in [-0.4, -0.2) is 11.1 Å². The Labute approximate surface area is 104 Å². The summed E-state index contributed by atoms with van der Waals surface area (Å²) in [7, 11) is 0. The number of carboxylic acids is 1. The highest BCUT2D eigenvalue weighted by molar-refractivity contribution is 5.81. The predicted octanol–water partition coefficient (Wildman–Crippen LogP) is 2.43. The Morgan fingerprint density at radius 1 is 1.33 bits per heavy atom. The maximum atomic E-state index is 12.2. The molecule has 94 valence electrons. The Balaban J connectivity index is 2.57. The van der Waals surface area contributed by atoms with E-state index in [0.717, 1.165) is 11.1 Å². The number of carboxylic acid groups (broad SMARTS) is 1. The van der Waals surface area contributed by atoms with Gasteiger partial charge in [-0.05, 0) is 37.5 Å². The molecule has 1 aromatic carbocycles. The van der Waals surface area contributed by atoms with Gasteiger partial charge in [0.2, 0.25) is 0 Å². The summed E-state index contributed by atoms with van der Waals surface area (Å²) in [5.74, 6) is -0.921. The maximum absolute atomic E-state index is 12.2. The minimum absolute atomic E-state index is 0.0683. The molecule has 18 heavy (non-hydrogen) atoms. The number of fused-ring (bicyclic) bond motifs is 1. The van der Waals surface area contributed by atoms with Gasteiger partial charge in [-0.2, -0.15) is 0 Å². The van der Waals surface area contributed by atoms with Crippen LogP contribution >= 0.6 is 0 Å². The second kappa shape index (κ2) is 4.64. The average molecular weight is 246 g/mol. The van der Waals surface area contributed by atoms with E-state index in [2.05, 4.69) is 0 Å². The Kier molecular flexibility index (Phi) is 3.19. The quantitative estimate of drug-likeness (QED) is 0.903. The summed E-state index contributed by atoms with van der Waals surface area (Å²) in [6.45, 7) is 3.79. The summed E-state index contributed by atoms with van der Waals surface area (Å²) < 4.78 is 5.42. The lowest BCUT2D eigenvalue weighted by Crippen LogP contribution is -2.11. The van der Waals surface area contributed by atoms with Gasteiger partial charge in [0.15, 0.2) is 5.43 Å². The number of carbonyl (C=O) groups is 1. The fourth-order valence-electron chi connectivity index (χ4n) is 2.08. The van der Waals surface area contributed by atoms with E-state index in [1.165, 1.54) is 6.26 Å². The van der Waals surface area contributed by atoms with Crippen molar-refractivity contribution in [3.8, 4) is 0 Å². The van der Waals surface area contributed by atoms with E-state index in [1.807, 2.05) is 26.0 Å². The monoisotopic (exact) mass is 246 g/mol. The second-order valence-electron chi connectivity index (χ2n) is 4.44. The number of aliphatic carboxylic acids is 1. The van der Waals surface area contributed by atoms with Gasteiger partial charge in [0, 0.05) is 12.0 Å². The Bertz CT molecular complexity index is 667. The summed E-state index contributed by atoms with van der Waals surface area (Å²) in [4.78, 5) is 22.7. The van der Waals surface area contributed by atoms with Crippen molar-refractivity contribution in [3.63, 3.8) is 0 Å². The largest absolute Gasteiger partial charge is 0.481 e. The molecule has 2 rings (SSSR count). The van der Waals surface area contributed by atoms with E-state index in [0.29, 0.717) is 16.5 Å². The van der Waals surface area contributed by atoms with Crippen LogP contribution < -0.4 is 5.43 Å². The standard InChI is InChI=1S/C14H14O4/c1-8-5-9(2)13-11(6-8)18-7-10(14(13)17)3-4-12(15)16/h5-7H,3-4H2,1-2H3,(H,15,16). The lowest BCUT2D eigenvalue weighted by atomic mass is 10.0. The number of aryl methyl sites for hydroxylation is 3. The van der Waals surface area contributed by atoms with E-state index in [4.69, 9.17) is 9.52 Å². The van der Waals surface area contributed by atoms with Gasteiger partial charge in [-0.1, -0.05) is 6.07 Å². The Morgan fingerprint density at radius 3 is 2.72 bits per heavy atom. The lowest BCUT2D eigenvalue weighted by Gasteiger charge is -2.05. The SMILES string of the molecule is Cc1cc(C)c2c(=O)c(CCC(=O)O)coc2c1. The third-order valence-electron chi connectivity index (χ3n) is 2.90. The highest BCUT2D eigenvalue weighted by atomic mass is 16.4. The molecule has 4 heteroatoms. The van der Waals surface area contributed by atoms with Crippen molar-refractivity contribution in [2.75, 3.05) is 0 Å². The fourth-order valence-corrected chi connectivity index (χ4v) is 2.08. The molecule has 0 saturated heterocycles. The summed E-state index contributed by atoms with van der Waals surface area (Å²) in [6, 6.07) is 3.73. The molecule has 0 spiro atoms. The number of hydrogen-bond acceptors (Lipinski definition) is 3. The van der Waals surface area contributed by atoms with Crippen molar-refractivity contribution >= 4 is 16.9 Å². The van der Waals surface area contributed by atoms with Crippen molar-refractivity contribution in [2.24, 2.45) is 0 Å². The van der Waals surface area contributed by atoms with E-state index >= 15 is 0 Å². The zero-order chi connectivity index (χ0) is 13.3. The first-order chi connectivity index (χ1) is 8.49. The lowest BCUT2D eigenvalue weighted by molar-refractivity contribution is -0.136. The van der Waals surface area contributed by atoms with Crippen LogP contribution in [0.5, 0.6) is 0 Å². The van der Waals surface area contributed by atoms with Gasteiger partial charge in [0.05, 0.1) is 11.6 Å². The summed E-state index contributed by atoms with van der Waals surface area (Å²) in [5, 5.41) is 9.18. The van der Waals surface area contributed by atoms with Crippen LogP contribution in [0, 0.1) is 13.8 Å². The zero-order valence-electron chi connectivity index (χ0n) is 10.3. The molecular weight excluding hydrogens is 232 g/mol. The first-order valence-electron chi connectivity index (χ1n) is 5.72. The molecule has 0 atom stereocenters. The first-order valence-corrected chi connectivity index (χ1v) is 5.72. The highest BCUT2D eigenvalue weighted by Crippen LogP contribution is 2.18. The molecule has 1 heterocycles.